The average molecular weight is 380 g/mol. The van der Waals surface area contributed by atoms with Crippen LogP contribution in [-0.4, -0.2) is 15.3 Å². The summed E-state index contributed by atoms with van der Waals surface area (Å²) in [6, 6.07) is 23.6. The van der Waals surface area contributed by atoms with Gasteiger partial charge in [-0.3, -0.25) is 4.79 Å². The molecule has 142 valence electrons. The van der Waals surface area contributed by atoms with E-state index in [4.69, 9.17) is 5.26 Å². The van der Waals surface area contributed by atoms with E-state index in [1.807, 2.05) is 24.5 Å². The number of anilines is 1. The molecule has 5 nitrogen and oxygen atoms in total. The number of imidazole rings is 1. The number of fused-ring (bicyclic) bond motifs is 1. The minimum Gasteiger partial charge on any atom is -0.380 e. The quantitative estimate of drug-likeness (QED) is 0.489. The maximum atomic E-state index is 11.8. The van der Waals surface area contributed by atoms with Crippen molar-refractivity contribution in [3.05, 3.63) is 95.3 Å². The van der Waals surface area contributed by atoms with E-state index in [2.05, 4.69) is 51.3 Å². The third kappa shape index (κ3) is 4.02. The van der Waals surface area contributed by atoms with E-state index >= 15 is 0 Å². The number of hydrogen-bond donors (Lipinski definition) is 1. The summed E-state index contributed by atoms with van der Waals surface area (Å²) >= 11 is 0. The summed E-state index contributed by atoms with van der Waals surface area (Å²) in [6.45, 7) is 2.86. The number of Topliss-reactive ketones (excluding diaryl/α,β-unsaturated/α-hetero) is 1. The van der Waals surface area contributed by atoms with Crippen LogP contribution in [0.4, 0.5) is 5.69 Å². The van der Waals surface area contributed by atoms with Crippen LogP contribution in [0, 0.1) is 11.3 Å². The van der Waals surface area contributed by atoms with Crippen LogP contribution in [0.15, 0.2) is 73.1 Å². The molecule has 4 rings (SSSR count). The van der Waals surface area contributed by atoms with E-state index in [9.17, 15) is 4.79 Å². The second-order valence-corrected chi connectivity index (χ2v) is 6.96. The molecule has 4 aromatic rings. The highest BCUT2D eigenvalue weighted by atomic mass is 16.1. The van der Waals surface area contributed by atoms with Gasteiger partial charge in [0.1, 0.15) is 0 Å². The Morgan fingerprint density at radius 1 is 1.07 bits per heavy atom. The fourth-order valence-corrected chi connectivity index (χ4v) is 3.36. The fourth-order valence-electron chi connectivity index (χ4n) is 3.36. The van der Waals surface area contributed by atoms with Crippen LogP contribution < -0.4 is 5.32 Å². The SMILES string of the molecule is CC(=O)c1ccc(C#N)cc1NCc1ccc(Cn2cnc3ccccc32)cc1. The highest BCUT2D eigenvalue weighted by molar-refractivity contribution is 5.99. The Kier molecular flexibility index (Phi) is 5.08. The predicted molar refractivity (Wildman–Crippen MR) is 114 cm³/mol. The first-order valence-electron chi connectivity index (χ1n) is 9.40. The highest BCUT2D eigenvalue weighted by Crippen LogP contribution is 2.20. The molecule has 0 aliphatic heterocycles. The van der Waals surface area contributed by atoms with Crippen molar-refractivity contribution in [3.8, 4) is 6.07 Å². The van der Waals surface area contributed by atoms with Crippen molar-refractivity contribution in [2.24, 2.45) is 0 Å². The molecule has 29 heavy (non-hydrogen) atoms. The molecule has 0 saturated carbocycles. The van der Waals surface area contributed by atoms with Crippen LogP contribution in [0.25, 0.3) is 11.0 Å². The number of aromatic nitrogens is 2. The molecule has 3 aromatic carbocycles. The van der Waals surface area contributed by atoms with Gasteiger partial charge in [0.2, 0.25) is 0 Å². The number of nitrogens with zero attached hydrogens (tertiary/aromatic N) is 3. The Hall–Kier alpha value is -3.91. The molecule has 0 unspecified atom stereocenters. The van der Waals surface area contributed by atoms with Crippen molar-refractivity contribution in [1.29, 1.82) is 5.26 Å². The highest BCUT2D eigenvalue weighted by Gasteiger charge is 2.08. The Morgan fingerprint density at radius 3 is 2.59 bits per heavy atom. The zero-order valence-electron chi connectivity index (χ0n) is 16.1. The summed E-state index contributed by atoms with van der Waals surface area (Å²) in [7, 11) is 0. The minimum absolute atomic E-state index is 0.0279. The maximum Gasteiger partial charge on any atom is 0.161 e. The number of rotatable bonds is 6. The average Bonchev–Trinajstić information content (AvgIpc) is 3.16. The molecular weight excluding hydrogens is 360 g/mol. The molecule has 5 heteroatoms. The first kappa shape index (κ1) is 18.5. The Morgan fingerprint density at radius 2 is 1.83 bits per heavy atom. The van der Waals surface area contributed by atoms with Gasteiger partial charge in [-0.2, -0.15) is 5.26 Å². The standard InChI is InChI=1S/C24H20N4O/c1-17(29)21-11-10-20(13-25)12-23(21)26-14-18-6-8-19(9-7-18)15-28-16-27-22-4-2-3-5-24(22)28/h2-12,16,26H,14-15H2,1H3. The van der Waals surface area contributed by atoms with Crippen LogP contribution in [-0.2, 0) is 13.1 Å². The van der Waals surface area contributed by atoms with Gasteiger partial charge in [0.15, 0.2) is 5.78 Å². The van der Waals surface area contributed by atoms with Crippen molar-refractivity contribution in [2.45, 2.75) is 20.0 Å². The van der Waals surface area contributed by atoms with Crippen LogP contribution in [0.5, 0.6) is 0 Å². The molecule has 0 amide bonds. The number of benzene rings is 3. The summed E-state index contributed by atoms with van der Waals surface area (Å²) < 4.78 is 2.13. The molecule has 0 spiro atoms. The maximum absolute atomic E-state index is 11.8. The monoisotopic (exact) mass is 380 g/mol. The van der Waals surface area contributed by atoms with Gasteiger partial charge >= 0.3 is 0 Å². The number of ketones is 1. The van der Waals surface area contributed by atoms with Crippen LogP contribution in [0.1, 0.15) is 34.0 Å². The smallest absolute Gasteiger partial charge is 0.161 e. The third-order valence-electron chi connectivity index (χ3n) is 4.91. The largest absolute Gasteiger partial charge is 0.380 e. The van der Waals surface area contributed by atoms with Crippen LogP contribution >= 0.6 is 0 Å². The lowest BCUT2D eigenvalue weighted by molar-refractivity contribution is 0.101. The summed E-state index contributed by atoms with van der Waals surface area (Å²) in [6.07, 6.45) is 1.87. The molecule has 0 aliphatic rings. The van der Waals surface area contributed by atoms with Gasteiger partial charge in [-0.05, 0) is 48.4 Å². The van der Waals surface area contributed by atoms with E-state index in [0.717, 1.165) is 23.1 Å². The second-order valence-electron chi connectivity index (χ2n) is 6.96. The lowest BCUT2D eigenvalue weighted by atomic mass is 10.1. The van der Waals surface area contributed by atoms with Gasteiger partial charge in [0.25, 0.3) is 0 Å². The first-order chi connectivity index (χ1) is 14.1. The number of hydrogen-bond acceptors (Lipinski definition) is 4. The van der Waals surface area contributed by atoms with Gasteiger partial charge in [-0.1, -0.05) is 36.4 Å². The number of nitriles is 1. The number of para-hydroxylation sites is 2. The van der Waals surface area contributed by atoms with E-state index in [0.29, 0.717) is 23.4 Å². The lowest BCUT2D eigenvalue weighted by Gasteiger charge is -2.11. The number of carbonyl (C=O) groups is 1. The van der Waals surface area contributed by atoms with Crippen molar-refractivity contribution in [1.82, 2.24) is 9.55 Å². The van der Waals surface area contributed by atoms with E-state index < -0.39 is 0 Å². The minimum atomic E-state index is -0.0279. The molecule has 1 N–H and O–H groups in total. The normalized spacial score (nSPS) is 10.6. The van der Waals surface area contributed by atoms with Crippen molar-refractivity contribution >= 4 is 22.5 Å². The molecule has 0 aliphatic carbocycles. The van der Waals surface area contributed by atoms with E-state index in [-0.39, 0.29) is 5.78 Å². The van der Waals surface area contributed by atoms with Gasteiger partial charge in [0, 0.05) is 24.3 Å². The number of carbonyl (C=O) groups excluding carboxylic acids is 1. The molecule has 0 fully saturated rings. The third-order valence-corrected chi connectivity index (χ3v) is 4.91. The molecule has 0 bridgehead atoms. The van der Waals surface area contributed by atoms with Crippen LogP contribution in [0.3, 0.4) is 0 Å². The van der Waals surface area contributed by atoms with Gasteiger partial charge in [0.05, 0.1) is 29.0 Å². The Labute approximate surface area is 169 Å². The van der Waals surface area contributed by atoms with E-state index in [1.54, 1.807) is 18.2 Å². The lowest BCUT2D eigenvalue weighted by Crippen LogP contribution is -2.06. The predicted octanol–water partition coefficient (Wildman–Crippen LogP) is 4.77. The Balaban J connectivity index is 1.47. The second kappa shape index (κ2) is 7.99. The summed E-state index contributed by atoms with van der Waals surface area (Å²) in [5.41, 5.74) is 6.20. The van der Waals surface area contributed by atoms with Crippen LogP contribution in [0.2, 0.25) is 0 Å². The van der Waals surface area contributed by atoms with Gasteiger partial charge < -0.3 is 9.88 Å². The summed E-state index contributed by atoms with van der Waals surface area (Å²) in [4.78, 5) is 16.3. The molecule has 1 heterocycles. The summed E-state index contributed by atoms with van der Waals surface area (Å²) in [5, 5.41) is 12.4. The first-order valence-corrected chi connectivity index (χ1v) is 9.40. The molecule has 0 atom stereocenters. The van der Waals surface area contributed by atoms with Crippen molar-refractivity contribution in [2.75, 3.05) is 5.32 Å². The van der Waals surface area contributed by atoms with Gasteiger partial charge in [-0.15, -0.1) is 0 Å². The Bertz CT molecular complexity index is 1220. The zero-order valence-corrected chi connectivity index (χ0v) is 16.1. The molecule has 0 saturated heterocycles. The number of nitrogens with one attached hydrogen (secondary N) is 1. The van der Waals surface area contributed by atoms with Gasteiger partial charge in [-0.25, -0.2) is 4.98 Å². The summed E-state index contributed by atoms with van der Waals surface area (Å²) in [5.74, 6) is -0.0279. The van der Waals surface area contributed by atoms with E-state index in [1.165, 1.54) is 12.5 Å². The van der Waals surface area contributed by atoms with Crippen molar-refractivity contribution < 1.29 is 4.79 Å². The van der Waals surface area contributed by atoms with Crippen molar-refractivity contribution in [3.63, 3.8) is 0 Å². The fraction of sp³-hybridized carbons (Fsp3) is 0.125. The molecule has 1 aromatic heterocycles. The zero-order chi connectivity index (χ0) is 20.2. The topological polar surface area (TPSA) is 70.7 Å². The molecular formula is C24H20N4O. The molecule has 0 radical (unpaired) electrons.